The van der Waals surface area contributed by atoms with E-state index in [2.05, 4.69) is 0 Å². The second-order valence-corrected chi connectivity index (χ2v) is 5.69. The van der Waals surface area contributed by atoms with Gasteiger partial charge in [-0.3, -0.25) is 0 Å². The van der Waals surface area contributed by atoms with E-state index < -0.39 is 24.5 Å². The van der Waals surface area contributed by atoms with Gasteiger partial charge in [-0.05, 0) is 26.2 Å². The van der Waals surface area contributed by atoms with E-state index in [1.165, 1.54) is 0 Å². The molecule has 4 atom stereocenters. The normalized spacial score (nSPS) is 29.5. The lowest BCUT2D eigenvalue weighted by Gasteiger charge is -2.35. The first-order valence-electron chi connectivity index (χ1n) is 7.83. The molecule has 1 aliphatic rings. The largest absolute Gasteiger partial charge is 0.550 e. The Bertz CT molecular complexity index is 296. The van der Waals surface area contributed by atoms with Crippen LogP contribution in [0.3, 0.4) is 0 Å². The summed E-state index contributed by atoms with van der Waals surface area (Å²) in [5.74, 6) is -0.978. The van der Waals surface area contributed by atoms with Gasteiger partial charge in [0.1, 0.15) is 6.10 Å². The monoisotopic (exact) mass is 303 g/mol. The Kier molecular flexibility index (Phi) is 8.84. The summed E-state index contributed by atoms with van der Waals surface area (Å²) in [6, 6.07) is 0. The highest BCUT2D eigenvalue weighted by Gasteiger charge is 2.34. The minimum Gasteiger partial charge on any atom is -0.550 e. The average molecular weight is 303 g/mol. The first kappa shape index (κ1) is 18.4. The summed E-state index contributed by atoms with van der Waals surface area (Å²) >= 11 is 0. The highest BCUT2D eigenvalue weighted by Crippen LogP contribution is 2.21. The lowest BCUT2D eigenvalue weighted by atomic mass is 10.0. The fourth-order valence-electron chi connectivity index (χ4n) is 2.37. The summed E-state index contributed by atoms with van der Waals surface area (Å²) in [5.41, 5.74) is 0. The molecule has 0 spiro atoms. The van der Waals surface area contributed by atoms with Crippen LogP contribution in [0.25, 0.3) is 0 Å². The zero-order chi connectivity index (χ0) is 15.7. The molecule has 0 aromatic heterocycles. The molecule has 1 rings (SSSR count). The molecule has 124 valence electrons. The number of hydrogen-bond donors (Lipinski definition) is 2. The molecule has 0 unspecified atom stereocenters. The summed E-state index contributed by atoms with van der Waals surface area (Å²) in [5, 5.41) is 29.5. The van der Waals surface area contributed by atoms with Crippen LogP contribution in [0.5, 0.6) is 0 Å². The van der Waals surface area contributed by atoms with Crippen molar-refractivity contribution in [3.05, 3.63) is 0 Å². The lowest BCUT2D eigenvalue weighted by Crippen LogP contribution is -2.47. The molecule has 1 saturated heterocycles. The third kappa shape index (κ3) is 7.76. The van der Waals surface area contributed by atoms with E-state index in [1.807, 2.05) is 0 Å². The number of carboxylic acid groups (broad SMARTS) is 1. The van der Waals surface area contributed by atoms with E-state index >= 15 is 0 Å². The summed E-state index contributed by atoms with van der Waals surface area (Å²) < 4.78 is 10.9. The van der Waals surface area contributed by atoms with E-state index in [1.54, 1.807) is 6.92 Å². The van der Waals surface area contributed by atoms with Gasteiger partial charge >= 0.3 is 0 Å². The molecule has 0 aromatic rings. The molecular weight excluding hydrogens is 276 g/mol. The smallest absolute Gasteiger partial charge is 0.183 e. The van der Waals surface area contributed by atoms with Crippen LogP contribution in [0.4, 0.5) is 0 Å². The minimum absolute atomic E-state index is 0.143. The number of aliphatic carboxylic acids is 1. The third-order valence-electron chi connectivity index (χ3n) is 3.75. The Morgan fingerprint density at radius 3 is 2.43 bits per heavy atom. The van der Waals surface area contributed by atoms with E-state index in [9.17, 15) is 20.1 Å². The summed E-state index contributed by atoms with van der Waals surface area (Å²) in [7, 11) is 0. The van der Waals surface area contributed by atoms with E-state index in [-0.39, 0.29) is 18.9 Å². The molecule has 0 aromatic carbocycles. The van der Waals surface area contributed by atoms with Crippen molar-refractivity contribution in [2.45, 2.75) is 82.9 Å². The molecule has 2 N–H and O–H groups in total. The van der Waals surface area contributed by atoms with Gasteiger partial charge in [0.25, 0.3) is 0 Å². The molecule has 6 heteroatoms. The number of carbonyl (C=O) groups excluding carboxylic acids is 1. The Labute approximate surface area is 126 Å². The van der Waals surface area contributed by atoms with Crippen molar-refractivity contribution in [2.75, 3.05) is 6.61 Å². The van der Waals surface area contributed by atoms with Crippen LogP contribution in [-0.2, 0) is 14.3 Å². The summed E-state index contributed by atoms with van der Waals surface area (Å²) in [6.45, 7) is 2.28. The number of aliphatic hydroxyl groups is 2. The first-order valence-corrected chi connectivity index (χ1v) is 7.83. The van der Waals surface area contributed by atoms with Gasteiger partial charge < -0.3 is 29.6 Å². The molecule has 0 amide bonds. The van der Waals surface area contributed by atoms with Crippen LogP contribution in [0.1, 0.15) is 58.3 Å². The van der Waals surface area contributed by atoms with Crippen LogP contribution in [0.2, 0.25) is 0 Å². The average Bonchev–Trinajstić information content (AvgIpc) is 2.42. The fraction of sp³-hybridized carbons (Fsp3) is 0.933. The predicted octanol–water partition coefficient (Wildman–Crippen LogP) is 0.340. The Balaban J connectivity index is 1.95. The number of carbonyl (C=O) groups is 1. The molecule has 0 saturated carbocycles. The van der Waals surface area contributed by atoms with Gasteiger partial charge in [-0.25, -0.2) is 0 Å². The maximum Gasteiger partial charge on any atom is 0.183 e. The fourth-order valence-corrected chi connectivity index (χ4v) is 2.37. The van der Waals surface area contributed by atoms with Gasteiger partial charge in [-0.2, -0.15) is 0 Å². The number of carboxylic acids is 1. The summed E-state index contributed by atoms with van der Waals surface area (Å²) in [4.78, 5) is 10.2. The topological polar surface area (TPSA) is 99.1 Å². The summed E-state index contributed by atoms with van der Waals surface area (Å²) in [6.07, 6.45) is 3.58. The van der Waals surface area contributed by atoms with E-state index in [0.717, 1.165) is 32.1 Å². The van der Waals surface area contributed by atoms with Gasteiger partial charge in [-0.15, -0.1) is 0 Å². The molecule has 0 bridgehead atoms. The van der Waals surface area contributed by atoms with Crippen molar-refractivity contribution in [3.8, 4) is 0 Å². The zero-order valence-corrected chi connectivity index (χ0v) is 12.7. The third-order valence-corrected chi connectivity index (χ3v) is 3.75. The Morgan fingerprint density at radius 1 is 1.14 bits per heavy atom. The van der Waals surface area contributed by atoms with Crippen molar-refractivity contribution >= 4 is 5.97 Å². The highest BCUT2D eigenvalue weighted by atomic mass is 16.7. The second-order valence-electron chi connectivity index (χ2n) is 5.69. The van der Waals surface area contributed by atoms with Gasteiger partial charge in [0, 0.05) is 19.0 Å². The van der Waals surface area contributed by atoms with Crippen molar-refractivity contribution in [3.63, 3.8) is 0 Å². The van der Waals surface area contributed by atoms with Crippen LogP contribution in [-0.4, -0.2) is 47.4 Å². The maximum absolute atomic E-state index is 10.2. The van der Waals surface area contributed by atoms with Crippen LogP contribution >= 0.6 is 0 Å². The molecule has 1 heterocycles. The Hall–Kier alpha value is -0.690. The van der Waals surface area contributed by atoms with E-state index in [4.69, 9.17) is 9.47 Å². The first-order chi connectivity index (χ1) is 10.0. The van der Waals surface area contributed by atoms with Crippen LogP contribution in [0.15, 0.2) is 0 Å². The number of unbranched alkanes of at least 4 members (excludes halogenated alkanes) is 5. The molecule has 0 aliphatic carbocycles. The van der Waals surface area contributed by atoms with Crippen LogP contribution in [0, 0.1) is 0 Å². The lowest BCUT2D eigenvalue weighted by molar-refractivity contribution is -0.305. The van der Waals surface area contributed by atoms with Crippen molar-refractivity contribution in [2.24, 2.45) is 0 Å². The van der Waals surface area contributed by atoms with Gasteiger partial charge in [0.05, 0.1) is 12.2 Å². The molecule has 6 nitrogen and oxygen atoms in total. The van der Waals surface area contributed by atoms with Crippen molar-refractivity contribution in [1.29, 1.82) is 0 Å². The second kappa shape index (κ2) is 10.1. The van der Waals surface area contributed by atoms with E-state index in [0.29, 0.717) is 13.0 Å². The highest BCUT2D eigenvalue weighted by molar-refractivity contribution is 5.63. The SMILES string of the molecule is C[C@@H]1O[C@@H](OCCCCCCCCC(=O)[O-])[C@H](O)C[C@H]1O. The molecule has 21 heavy (non-hydrogen) atoms. The Morgan fingerprint density at radius 2 is 1.76 bits per heavy atom. The van der Waals surface area contributed by atoms with Crippen molar-refractivity contribution in [1.82, 2.24) is 0 Å². The predicted molar refractivity (Wildman–Crippen MR) is 74.2 cm³/mol. The molecule has 0 radical (unpaired) electrons. The number of rotatable bonds is 10. The quantitative estimate of drug-likeness (QED) is 0.565. The standard InChI is InChI=1S/C15H28O6/c1-11-12(16)10-13(17)15(21-11)20-9-7-5-3-2-4-6-8-14(18)19/h11-13,15-17H,2-10H2,1H3,(H,18,19)/p-1/t11-,12+,13+,15+/m0/s1. The van der Waals surface area contributed by atoms with Crippen LogP contribution < -0.4 is 5.11 Å². The van der Waals surface area contributed by atoms with Crippen molar-refractivity contribution < 1.29 is 29.6 Å². The minimum atomic E-state index is -0.978. The molecule has 1 fully saturated rings. The number of aliphatic hydroxyl groups excluding tert-OH is 2. The zero-order valence-electron chi connectivity index (χ0n) is 12.7. The number of ether oxygens (including phenoxy) is 2. The molecular formula is C15H27O6-. The number of hydrogen-bond acceptors (Lipinski definition) is 6. The molecule has 1 aliphatic heterocycles. The van der Waals surface area contributed by atoms with Gasteiger partial charge in [0.2, 0.25) is 0 Å². The maximum atomic E-state index is 10.2. The van der Waals surface area contributed by atoms with Gasteiger partial charge in [-0.1, -0.05) is 25.7 Å². The van der Waals surface area contributed by atoms with Gasteiger partial charge in [0.15, 0.2) is 6.29 Å².